The van der Waals surface area contributed by atoms with Crippen LogP contribution in [0.15, 0.2) is 24.3 Å². The zero-order valence-electron chi connectivity index (χ0n) is 11.4. The van der Waals surface area contributed by atoms with Crippen molar-refractivity contribution in [1.82, 2.24) is 5.32 Å². The van der Waals surface area contributed by atoms with E-state index < -0.39 is 0 Å². The summed E-state index contributed by atoms with van der Waals surface area (Å²) >= 11 is 0. The smallest absolute Gasteiger partial charge is 0.230 e. The Morgan fingerprint density at radius 3 is 2.53 bits per heavy atom. The summed E-state index contributed by atoms with van der Waals surface area (Å²) in [6, 6.07) is 6.64. The van der Waals surface area contributed by atoms with E-state index in [0.717, 1.165) is 44.5 Å². The summed E-state index contributed by atoms with van der Waals surface area (Å²) in [5, 5.41) is 15.6. The monoisotopic (exact) mass is 262 g/mol. The van der Waals surface area contributed by atoms with Crippen molar-refractivity contribution in [1.29, 1.82) is 0 Å². The molecular formula is C15H22N2O2. The van der Waals surface area contributed by atoms with Crippen LogP contribution in [-0.4, -0.2) is 24.1 Å². The first-order chi connectivity index (χ1) is 9.16. The van der Waals surface area contributed by atoms with E-state index in [1.807, 2.05) is 0 Å². The molecule has 1 fully saturated rings. The lowest BCUT2D eigenvalue weighted by Gasteiger charge is -2.36. The fraction of sp³-hybridized carbons (Fsp3) is 0.533. The van der Waals surface area contributed by atoms with Crippen molar-refractivity contribution >= 4 is 11.6 Å². The summed E-state index contributed by atoms with van der Waals surface area (Å²) in [6.45, 7) is 3.93. The molecular weight excluding hydrogens is 240 g/mol. The maximum Gasteiger partial charge on any atom is 0.230 e. The lowest BCUT2D eigenvalue weighted by atomic mass is 9.74. The van der Waals surface area contributed by atoms with Gasteiger partial charge in [-0.15, -0.1) is 0 Å². The lowest BCUT2D eigenvalue weighted by molar-refractivity contribution is -0.127. The van der Waals surface area contributed by atoms with Crippen LogP contribution >= 0.6 is 0 Å². The Bertz CT molecular complexity index is 417. The van der Waals surface area contributed by atoms with Crippen molar-refractivity contribution in [2.75, 3.05) is 18.4 Å². The molecule has 0 atom stereocenters. The molecule has 0 unspecified atom stereocenters. The van der Waals surface area contributed by atoms with Crippen molar-refractivity contribution in [2.45, 2.75) is 32.6 Å². The Balaban J connectivity index is 2.09. The molecule has 1 aromatic rings. The number of hydrogen-bond acceptors (Lipinski definition) is 3. The number of phenolic OH excluding ortho intramolecular Hbond substituents is 1. The first-order valence-electron chi connectivity index (χ1n) is 6.97. The summed E-state index contributed by atoms with van der Waals surface area (Å²) in [5.74, 6) is 0.324. The standard InChI is InChI=1S/C15H22N2O2/c1-2-7-15(8-10-16-11-9-15)14(19)17-12-3-5-13(18)6-4-12/h3-6,16,18H,2,7-11H2,1H3,(H,17,19). The highest BCUT2D eigenvalue weighted by Gasteiger charge is 2.38. The number of hydrogen-bond donors (Lipinski definition) is 3. The highest BCUT2D eigenvalue weighted by atomic mass is 16.3. The molecule has 1 saturated heterocycles. The molecule has 0 radical (unpaired) electrons. The van der Waals surface area contributed by atoms with Crippen molar-refractivity contribution in [2.24, 2.45) is 5.41 Å². The number of carbonyl (C=O) groups excluding carboxylic acids is 1. The topological polar surface area (TPSA) is 61.4 Å². The van der Waals surface area contributed by atoms with Crippen LogP contribution in [0, 0.1) is 5.41 Å². The average molecular weight is 262 g/mol. The van der Waals surface area contributed by atoms with Gasteiger partial charge < -0.3 is 15.7 Å². The molecule has 1 aromatic carbocycles. The minimum absolute atomic E-state index is 0.113. The van der Waals surface area contributed by atoms with Gasteiger partial charge in [0.25, 0.3) is 0 Å². The molecule has 19 heavy (non-hydrogen) atoms. The molecule has 1 aliphatic rings. The van der Waals surface area contributed by atoms with Crippen LogP contribution in [0.1, 0.15) is 32.6 Å². The highest BCUT2D eigenvalue weighted by Crippen LogP contribution is 2.35. The van der Waals surface area contributed by atoms with Gasteiger partial charge in [0.1, 0.15) is 5.75 Å². The maximum atomic E-state index is 12.6. The van der Waals surface area contributed by atoms with Crippen LogP contribution in [0.3, 0.4) is 0 Å². The number of phenols is 1. The Labute approximate surface area is 114 Å². The van der Waals surface area contributed by atoms with Gasteiger partial charge in [0.05, 0.1) is 5.41 Å². The summed E-state index contributed by atoms with van der Waals surface area (Å²) < 4.78 is 0. The third-order valence-corrected chi connectivity index (χ3v) is 3.90. The number of anilines is 1. The summed E-state index contributed by atoms with van der Waals surface area (Å²) in [5.41, 5.74) is 0.509. The quantitative estimate of drug-likeness (QED) is 0.731. The minimum Gasteiger partial charge on any atom is -0.508 e. The van der Waals surface area contributed by atoms with Crippen molar-refractivity contribution in [3.63, 3.8) is 0 Å². The van der Waals surface area contributed by atoms with E-state index in [4.69, 9.17) is 0 Å². The van der Waals surface area contributed by atoms with E-state index in [9.17, 15) is 9.90 Å². The number of rotatable bonds is 4. The van der Waals surface area contributed by atoms with Gasteiger partial charge in [-0.1, -0.05) is 13.3 Å². The van der Waals surface area contributed by atoms with Gasteiger partial charge >= 0.3 is 0 Å². The van der Waals surface area contributed by atoms with Gasteiger partial charge in [-0.05, 0) is 56.6 Å². The largest absolute Gasteiger partial charge is 0.508 e. The SMILES string of the molecule is CCCC1(C(=O)Nc2ccc(O)cc2)CCNCC1. The number of benzene rings is 1. The Kier molecular flexibility index (Phi) is 4.43. The highest BCUT2D eigenvalue weighted by molar-refractivity contribution is 5.95. The molecule has 0 aliphatic carbocycles. The van der Waals surface area contributed by atoms with E-state index in [-0.39, 0.29) is 17.1 Å². The molecule has 1 heterocycles. The molecule has 3 N–H and O–H groups in total. The van der Waals surface area contributed by atoms with Crippen LogP contribution in [0.25, 0.3) is 0 Å². The first kappa shape index (κ1) is 13.9. The van der Waals surface area contributed by atoms with Gasteiger partial charge in [-0.25, -0.2) is 0 Å². The molecule has 0 spiro atoms. The predicted octanol–water partition coefficient (Wildman–Crippen LogP) is 2.50. The van der Waals surface area contributed by atoms with Gasteiger partial charge in [0.15, 0.2) is 0 Å². The van der Waals surface area contributed by atoms with Crippen LogP contribution in [-0.2, 0) is 4.79 Å². The molecule has 2 rings (SSSR count). The van der Waals surface area contributed by atoms with E-state index in [0.29, 0.717) is 0 Å². The van der Waals surface area contributed by atoms with E-state index in [1.165, 1.54) is 0 Å². The van der Waals surface area contributed by atoms with E-state index in [2.05, 4.69) is 17.6 Å². The maximum absolute atomic E-state index is 12.6. The summed E-state index contributed by atoms with van der Waals surface area (Å²) in [7, 11) is 0. The van der Waals surface area contributed by atoms with Crippen LogP contribution < -0.4 is 10.6 Å². The number of piperidine rings is 1. The lowest BCUT2D eigenvalue weighted by Crippen LogP contribution is -2.44. The summed E-state index contributed by atoms with van der Waals surface area (Å²) in [4.78, 5) is 12.6. The fourth-order valence-corrected chi connectivity index (χ4v) is 2.78. The second kappa shape index (κ2) is 6.06. The van der Waals surface area contributed by atoms with Crippen molar-refractivity contribution < 1.29 is 9.90 Å². The van der Waals surface area contributed by atoms with Crippen molar-refractivity contribution in [3.8, 4) is 5.75 Å². The second-order valence-corrected chi connectivity index (χ2v) is 5.28. The van der Waals surface area contributed by atoms with Gasteiger partial charge in [-0.3, -0.25) is 4.79 Å². The zero-order valence-corrected chi connectivity index (χ0v) is 11.4. The van der Waals surface area contributed by atoms with Crippen molar-refractivity contribution in [3.05, 3.63) is 24.3 Å². The van der Waals surface area contributed by atoms with Crippen LogP contribution in [0.2, 0.25) is 0 Å². The van der Waals surface area contributed by atoms with Crippen LogP contribution in [0.5, 0.6) is 5.75 Å². The third kappa shape index (κ3) is 3.26. The molecule has 0 bridgehead atoms. The Hall–Kier alpha value is -1.55. The average Bonchev–Trinajstić information content (AvgIpc) is 2.43. The van der Waals surface area contributed by atoms with Gasteiger partial charge in [-0.2, -0.15) is 0 Å². The Morgan fingerprint density at radius 2 is 1.95 bits per heavy atom. The molecule has 4 nitrogen and oxygen atoms in total. The first-order valence-corrected chi connectivity index (χ1v) is 6.97. The van der Waals surface area contributed by atoms with Gasteiger partial charge in [0, 0.05) is 5.69 Å². The molecule has 1 amide bonds. The molecule has 0 saturated carbocycles. The molecule has 104 valence electrons. The second-order valence-electron chi connectivity index (χ2n) is 5.28. The third-order valence-electron chi connectivity index (χ3n) is 3.90. The molecule has 1 aliphatic heterocycles. The normalized spacial score (nSPS) is 17.9. The summed E-state index contributed by atoms with van der Waals surface area (Å²) in [6.07, 6.45) is 3.73. The number of amides is 1. The van der Waals surface area contributed by atoms with E-state index >= 15 is 0 Å². The number of aromatic hydroxyl groups is 1. The van der Waals surface area contributed by atoms with E-state index in [1.54, 1.807) is 24.3 Å². The Morgan fingerprint density at radius 1 is 1.32 bits per heavy atom. The minimum atomic E-state index is -0.238. The number of carbonyl (C=O) groups is 1. The zero-order chi connectivity index (χ0) is 13.7. The fourth-order valence-electron chi connectivity index (χ4n) is 2.78. The number of nitrogens with one attached hydrogen (secondary N) is 2. The van der Waals surface area contributed by atoms with Gasteiger partial charge in [0.2, 0.25) is 5.91 Å². The van der Waals surface area contributed by atoms with Crippen LogP contribution in [0.4, 0.5) is 5.69 Å². The molecule has 4 heteroatoms. The molecule has 0 aromatic heterocycles. The predicted molar refractivity (Wildman–Crippen MR) is 76.2 cm³/mol.